The molecule has 0 bridgehead atoms. The maximum atomic E-state index is 10.2. The number of para-hydroxylation sites is 1. The number of carboxylic acid groups (broad SMARTS) is 1. The van der Waals surface area contributed by atoms with Crippen molar-refractivity contribution in [3.05, 3.63) is 18.2 Å². The van der Waals surface area contributed by atoms with Gasteiger partial charge in [-0.3, -0.25) is 0 Å². The number of ether oxygens (including phenoxy) is 1. The van der Waals surface area contributed by atoms with Crippen LogP contribution >= 0.6 is 0 Å². The Balaban J connectivity index is 2.87. The van der Waals surface area contributed by atoms with Gasteiger partial charge >= 0.3 is 5.97 Å². The summed E-state index contributed by atoms with van der Waals surface area (Å²) in [6, 6.07) is 3.73. The SMILES string of the molecule is O=C(O)C(O)Oc1cccc(O)c1O. The van der Waals surface area contributed by atoms with Gasteiger partial charge in [0.2, 0.25) is 5.75 Å². The Morgan fingerprint density at radius 1 is 1.36 bits per heavy atom. The molecular weight excluding hydrogens is 192 g/mol. The Kier molecular flexibility index (Phi) is 2.78. The molecule has 0 aliphatic rings. The summed E-state index contributed by atoms with van der Waals surface area (Å²) in [4.78, 5) is 10.2. The number of aliphatic carboxylic acids is 1. The predicted molar refractivity (Wildman–Crippen MR) is 44.0 cm³/mol. The second-order valence-corrected chi connectivity index (χ2v) is 2.43. The number of aliphatic hydroxyl groups excluding tert-OH is 1. The molecule has 0 aromatic heterocycles. The molecule has 1 aromatic carbocycles. The summed E-state index contributed by atoms with van der Waals surface area (Å²) in [6.45, 7) is 0. The first kappa shape index (κ1) is 10.1. The van der Waals surface area contributed by atoms with E-state index in [9.17, 15) is 4.79 Å². The third kappa shape index (κ3) is 2.05. The van der Waals surface area contributed by atoms with E-state index in [4.69, 9.17) is 20.4 Å². The number of hydrogen-bond acceptors (Lipinski definition) is 5. The van der Waals surface area contributed by atoms with Gasteiger partial charge in [-0.05, 0) is 12.1 Å². The lowest BCUT2D eigenvalue weighted by Gasteiger charge is -2.10. The fourth-order valence-corrected chi connectivity index (χ4v) is 0.777. The number of phenolic OH excluding ortho intramolecular Hbond substituents is 2. The molecule has 0 radical (unpaired) electrons. The lowest BCUT2D eigenvalue weighted by Crippen LogP contribution is -2.26. The van der Waals surface area contributed by atoms with Gasteiger partial charge in [0.15, 0.2) is 11.5 Å². The van der Waals surface area contributed by atoms with Crippen molar-refractivity contribution in [2.75, 3.05) is 0 Å². The zero-order chi connectivity index (χ0) is 10.7. The van der Waals surface area contributed by atoms with E-state index < -0.39 is 23.8 Å². The maximum absolute atomic E-state index is 10.2. The smallest absolute Gasteiger partial charge is 0.373 e. The Hall–Kier alpha value is -1.95. The minimum absolute atomic E-state index is 0.306. The molecule has 6 nitrogen and oxygen atoms in total. The molecule has 76 valence electrons. The van der Waals surface area contributed by atoms with Crippen molar-refractivity contribution in [3.63, 3.8) is 0 Å². The summed E-state index contributed by atoms with van der Waals surface area (Å²) in [7, 11) is 0. The highest BCUT2D eigenvalue weighted by Gasteiger charge is 2.17. The van der Waals surface area contributed by atoms with Crippen LogP contribution in [0.15, 0.2) is 18.2 Å². The predicted octanol–water partition coefficient (Wildman–Crippen LogP) is -0.120. The quantitative estimate of drug-likeness (QED) is 0.400. The van der Waals surface area contributed by atoms with Gasteiger partial charge in [-0.15, -0.1) is 0 Å². The average Bonchev–Trinajstić information content (AvgIpc) is 2.12. The van der Waals surface area contributed by atoms with Crippen molar-refractivity contribution in [1.29, 1.82) is 0 Å². The number of aliphatic hydroxyl groups is 1. The number of phenols is 2. The molecular formula is C8H8O6. The molecule has 14 heavy (non-hydrogen) atoms. The second-order valence-electron chi connectivity index (χ2n) is 2.43. The van der Waals surface area contributed by atoms with Crippen molar-refractivity contribution >= 4 is 5.97 Å². The van der Waals surface area contributed by atoms with E-state index >= 15 is 0 Å². The van der Waals surface area contributed by atoms with Crippen LogP contribution in [0.5, 0.6) is 17.2 Å². The van der Waals surface area contributed by atoms with Gasteiger partial charge in [-0.2, -0.15) is 0 Å². The van der Waals surface area contributed by atoms with Gasteiger partial charge in [0.05, 0.1) is 0 Å². The van der Waals surface area contributed by atoms with Crippen molar-refractivity contribution in [2.24, 2.45) is 0 Å². The van der Waals surface area contributed by atoms with Gasteiger partial charge < -0.3 is 25.2 Å². The normalized spacial score (nSPS) is 12.1. The molecule has 1 unspecified atom stereocenters. The van der Waals surface area contributed by atoms with Gasteiger partial charge in [0.1, 0.15) is 0 Å². The molecule has 0 spiro atoms. The van der Waals surface area contributed by atoms with E-state index in [0.717, 1.165) is 0 Å². The van der Waals surface area contributed by atoms with Crippen LogP contribution in [0.4, 0.5) is 0 Å². The standard InChI is InChI=1S/C8H8O6/c9-4-2-1-3-5(6(4)10)14-8(13)7(11)12/h1-3,8-10,13H,(H,11,12). The Bertz CT molecular complexity index is 348. The number of aromatic hydroxyl groups is 2. The van der Waals surface area contributed by atoms with Crippen LogP contribution in [0.1, 0.15) is 0 Å². The number of carboxylic acids is 1. The summed E-state index contributed by atoms with van der Waals surface area (Å²) < 4.78 is 4.43. The number of benzene rings is 1. The summed E-state index contributed by atoms with van der Waals surface area (Å²) in [6.07, 6.45) is -2.08. The molecule has 0 fully saturated rings. The van der Waals surface area contributed by atoms with E-state index in [-0.39, 0.29) is 5.75 Å². The highest BCUT2D eigenvalue weighted by atomic mass is 16.6. The molecule has 1 aromatic rings. The first-order valence-electron chi connectivity index (χ1n) is 3.61. The van der Waals surface area contributed by atoms with E-state index in [2.05, 4.69) is 4.74 Å². The first-order chi connectivity index (χ1) is 6.52. The molecule has 0 saturated heterocycles. The molecule has 1 rings (SSSR count). The molecule has 0 aliphatic heterocycles. The van der Waals surface area contributed by atoms with Gasteiger partial charge in [-0.25, -0.2) is 4.79 Å². The van der Waals surface area contributed by atoms with E-state index in [1.165, 1.54) is 18.2 Å². The Labute approximate surface area is 78.6 Å². The minimum Gasteiger partial charge on any atom is -0.504 e. The van der Waals surface area contributed by atoms with Crippen molar-refractivity contribution in [2.45, 2.75) is 6.29 Å². The van der Waals surface area contributed by atoms with Crippen molar-refractivity contribution < 1.29 is 30.0 Å². The van der Waals surface area contributed by atoms with Crippen LogP contribution in [-0.2, 0) is 4.79 Å². The lowest BCUT2D eigenvalue weighted by molar-refractivity contribution is -0.162. The van der Waals surface area contributed by atoms with Crippen LogP contribution in [0, 0.1) is 0 Å². The van der Waals surface area contributed by atoms with Crippen LogP contribution in [0.3, 0.4) is 0 Å². The van der Waals surface area contributed by atoms with E-state index in [1.54, 1.807) is 0 Å². The van der Waals surface area contributed by atoms with Crippen LogP contribution in [-0.4, -0.2) is 32.7 Å². The number of hydrogen-bond donors (Lipinski definition) is 4. The number of rotatable bonds is 3. The first-order valence-corrected chi connectivity index (χ1v) is 3.61. The topological polar surface area (TPSA) is 107 Å². The minimum atomic E-state index is -2.08. The summed E-state index contributed by atoms with van der Waals surface area (Å²) in [5.41, 5.74) is 0. The molecule has 0 saturated carbocycles. The summed E-state index contributed by atoms with van der Waals surface area (Å²) >= 11 is 0. The molecule has 0 aliphatic carbocycles. The zero-order valence-electron chi connectivity index (χ0n) is 6.91. The van der Waals surface area contributed by atoms with Gasteiger partial charge in [0, 0.05) is 0 Å². The van der Waals surface area contributed by atoms with Gasteiger partial charge in [-0.1, -0.05) is 6.07 Å². The third-order valence-corrected chi connectivity index (χ3v) is 1.43. The molecule has 0 heterocycles. The zero-order valence-corrected chi connectivity index (χ0v) is 6.91. The van der Waals surface area contributed by atoms with E-state index in [1.807, 2.05) is 0 Å². The average molecular weight is 200 g/mol. The Morgan fingerprint density at radius 3 is 2.57 bits per heavy atom. The van der Waals surface area contributed by atoms with Crippen molar-refractivity contribution in [1.82, 2.24) is 0 Å². The van der Waals surface area contributed by atoms with Crippen LogP contribution in [0.2, 0.25) is 0 Å². The summed E-state index contributed by atoms with van der Waals surface area (Å²) in [5.74, 6) is -2.97. The highest BCUT2D eigenvalue weighted by Crippen LogP contribution is 2.34. The van der Waals surface area contributed by atoms with E-state index in [0.29, 0.717) is 0 Å². The van der Waals surface area contributed by atoms with Crippen LogP contribution < -0.4 is 4.74 Å². The number of carbonyl (C=O) groups is 1. The fourth-order valence-electron chi connectivity index (χ4n) is 0.777. The monoisotopic (exact) mass is 200 g/mol. The third-order valence-electron chi connectivity index (χ3n) is 1.43. The highest BCUT2D eigenvalue weighted by molar-refractivity contribution is 5.71. The molecule has 0 amide bonds. The van der Waals surface area contributed by atoms with Gasteiger partial charge in [0.25, 0.3) is 6.29 Å². The maximum Gasteiger partial charge on any atom is 0.373 e. The lowest BCUT2D eigenvalue weighted by atomic mass is 10.3. The van der Waals surface area contributed by atoms with Crippen molar-refractivity contribution in [3.8, 4) is 17.2 Å². The molecule has 4 N–H and O–H groups in total. The van der Waals surface area contributed by atoms with Crippen LogP contribution in [0.25, 0.3) is 0 Å². The Morgan fingerprint density at radius 2 is 2.00 bits per heavy atom. The molecule has 1 atom stereocenters. The molecule has 6 heteroatoms. The largest absolute Gasteiger partial charge is 0.504 e. The second kappa shape index (κ2) is 3.84. The summed E-state index contributed by atoms with van der Waals surface area (Å²) in [5, 5.41) is 35.2. The fraction of sp³-hybridized carbons (Fsp3) is 0.125.